The molecule has 1 saturated carbocycles. The molecule has 7 heteroatoms. The number of carbonyl (C=O) groups is 3. The number of imide groups is 1. The average Bonchev–Trinajstić information content (AvgIpc) is 2.90. The van der Waals surface area contributed by atoms with E-state index in [1.165, 1.54) is 4.90 Å². The van der Waals surface area contributed by atoms with E-state index in [2.05, 4.69) is 22.8 Å². The van der Waals surface area contributed by atoms with Crippen molar-refractivity contribution in [2.45, 2.75) is 49.5 Å². The Labute approximate surface area is 164 Å². The number of urea groups is 1. The zero-order chi connectivity index (χ0) is 19.3. The maximum absolute atomic E-state index is 12.8. The molecule has 1 aliphatic carbocycles. The first-order valence-electron chi connectivity index (χ1n) is 9.61. The largest absolute Gasteiger partial charge is 0.355 e. The highest BCUT2D eigenvalue weighted by atomic mass is 32.2. The number of hydrogen-bond acceptors (Lipinski definition) is 4. The highest BCUT2D eigenvalue weighted by molar-refractivity contribution is 7.99. The molecule has 4 amide bonds. The Morgan fingerprint density at radius 2 is 2.07 bits per heavy atom. The van der Waals surface area contributed by atoms with Gasteiger partial charge in [0.25, 0.3) is 5.91 Å². The maximum atomic E-state index is 12.8. The number of thioether (sulfide) groups is 1. The minimum Gasteiger partial charge on any atom is -0.355 e. The van der Waals surface area contributed by atoms with Crippen molar-refractivity contribution >= 4 is 29.6 Å². The molecule has 0 bridgehead atoms. The molecule has 6 nitrogen and oxygen atoms in total. The van der Waals surface area contributed by atoms with Gasteiger partial charge >= 0.3 is 6.03 Å². The van der Waals surface area contributed by atoms with Crippen molar-refractivity contribution in [3.8, 4) is 0 Å². The van der Waals surface area contributed by atoms with Gasteiger partial charge in [-0.2, -0.15) is 0 Å². The normalized spacial score (nSPS) is 24.9. The number of carbonyl (C=O) groups excluding carboxylic acids is 3. The van der Waals surface area contributed by atoms with Crippen molar-refractivity contribution in [1.82, 2.24) is 15.5 Å². The molecule has 3 rings (SSSR count). The van der Waals surface area contributed by atoms with E-state index in [0.717, 1.165) is 36.3 Å². The van der Waals surface area contributed by atoms with E-state index >= 15 is 0 Å². The number of nitrogens with one attached hydrogen (secondary N) is 2. The van der Waals surface area contributed by atoms with E-state index in [4.69, 9.17) is 0 Å². The molecule has 1 aliphatic heterocycles. The molecular formula is C20H27N3O3S. The molecule has 2 aliphatic rings. The topological polar surface area (TPSA) is 78.5 Å². The molecule has 2 atom stereocenters. The monoisotopic (exact) mass is 389 g/mol. The van der Waals surface area contributed by atoms with Gasteiger partial charge in [-0.05, 0) is 43.1 Å². The smallest absolute Gasteiger partial charge is 0.325 e. The van der Waals surface area contributed by atoms with Crippen LogP contribution in [0, 0.1) is 5.92 Å². The van der Waals surface area contributed by atoms with Gasteiger partial charge in [0.1, 0.15) is 12.1 Å². The number of amides is 4. The summed E-state index contributed by atoms with van der Waals surface area (Å²) in [5.41, 5.74) is -0.804. The molecule has 1 saturated heterocycles. The summed E-state index contributed by atoms with van der Waals surface area (Å²) in [4.78, 5) is 39.6. The summed E-state index contributed by atoms with van der Waals surface area (Å²) in [6.07, 6.45) is 4.41. The number of benzene rings is 1. The third-order valence-electron chi connectivity index (χ3n) is 5.46. The molecule has 1 spiro atoms. The first-order chi connectivity index (χ1) is 13.0. The minimum absolute atomic E-state index is 0.103. The molecule has 2 N–H and O–H groups in total. The van der Waals surface area contributed by atoms with Crippen LogP contribution in [-0.2, 0) is 9.59 Å². The second kappa shape index (κ2) is 8.78. The van der Waals surface area contributed by atoms with E-state index < -0.39 is 11.6 Å². The van der Waals surface area contributed by atoms with Gasteiger partial charge in [-0.25, -0.2) is 4.79 Å². The van der Waals surface area contributed by atoms with Gasteiger partial charge < -0.3 is 10.6 Å². The van der Waals surface area contributed by atoms with E-state index in [0.29, 0.717) is 13.0 Å². The Balaban J connectivity index is 1.42. The van der Waals surface area contributed by atoms with Crippen LogP contribution < -0.4 is 10.6 Å². The lowest BCUT2D eigenvalue weighted by Gasteiger charge is -2.36. The fourth-order valence-electron chi connectivity index (χ4n) is 3.85. The summed E-state index contributed by atoms with van der Waals surface area (Å²) in [5.74, 6) is 0.470. The van der Waals surface area contributed by atoms with Crippen molar-refractivity contribution < 1.29 is 14.4 Å². The second-order valence-electron chi connectivity index (χ2n) is 7.30. The van der Waals surface area contributed by atoms with Crippen molar-refractivity contribution in [2.24, 2.45) is 5.92 Å². The van der Waals surface area contributed by atoms with Gasteiger partial charge in [-0.15, -0.1) is 11.8 Å². The molecule has 1 aromatic carbocycles. The van der Waals surface area contributed by atoms with Crippen LogP contribution >= 0.6 is 11.8 Å². The quantitative estimate of drug-likeness (QED) is 0.427. The van der Waals surface area contributed by atoms with E-state index in [1.54, 1.807) is 11.8 Å². The second-order valence-corrected chi connectivity index (χ2v) is 8.47. The van der Waals surface area contributed by atoms with Gasteiger partial charge in [0.2, 0.25) is 5.91 Å². The van der Waals surface area contributed by atoms with Crippen LogP contribution in [0.3, 0.4) is 0 Å². The molecule has 2 fully saturated rings. The molecule has 1 heterocycles. The Kier molecular flexibility index (Phi) is 6.42. The van der Waals surface area contributed by atoms with Crippen LogP contribution in [-0.4, -0.2) is 47.1 Å². The van der Waals surface area contributed by atoms with E-state index in [9.17, 15) is 14.4 Å². The first kappa shape index (κ1) is 19.7. The summed E-state index contributed by atoms with van der Waals surface area (Å²) in [6, 6.07) is 9.66. The number of nitrogens with zero attached hydrogens (tertiary/aromatic N) is 1. The standard InChI is InChI=1S/C20H27N3O3S/c1-15-8-5-6-11-20(15)18(25)23(19(26)22-20)14-17(24)21-12-7-13-27-16-9-3-2-4-10-16/h2-4,9-10,15H,5-8,11-14H2,1H3,(H,21,24)(H,22,26). The predicted molar refractivity (Wildman–Crippen MR) is 105 cm³/mol. The lowest BCUT2D eigenvalue weighted by Crippen LogP contribution is -2.54. The summed E-state index contributed by atoms with van der Waals surface area (Å²) in [5, 5.41) is 5.69. The van der Waals surface area contributed by atoms with Crippen LogP contribution in [0.15, 0.2) is 35.2 Å². The summed E-state index contributed by atoms with van der Waals surface area (Å²) in [6.45, 7) is 2.33. The van der Waals surface area contributed by atoms with Gasteiger partial charge in [-0.3, -0.25) is 14.5 Å². The molecule has 146 valence electrons. The van der Waals surface area contributed by atoms with Crippen molar-refractivity contribution in [3.63, 3.8) is 0 Å². The highest BCUT2D eigenvalue weighted by Gasteiger charge is 2.55. The zero-order valence-electron chi connectivity index (χ0n) is 15.7. The molecule has 0 radical (unpaired) electrons. The van der Waals surface area contributed by atoms with Crippen molar-refractivity contribution in [1.29, 1.82) is 0 Å². The van der Waals surface area contributed by atoms with Crippen LogP contribution in [0.4, 0.5) is 4.79 Å². The Morgan fingerprint density at radius 3 is 2.81 bits per heavy atom. The molecule has 27 heavy (non-hydrogen) atoms. The van der Waals surface area contributed by atoms with Crippen LogP contribution in [0.5, 0.6) is 0 Å². The third-order valence-corrected chi connectivity index (χ3v) is 6.56. The third kappa shape index (κ3) is 4.46. The van der Waals surface area contributed by atoms with Gasteiger partial charge in [0.15, 0.2) is 0 Å². The lowest BCUT2D eigenvalue weighted by atomic mass is 9.73. The lowest BCUT2D eigenvalue weighted by molar-refractivity contribution is -0.137. The molecule has 2 unspecified atom stereocenters. The Morgan fingerprint density at radius 1 is 1.30 bits per heavy atom. The first-order valence-corrected chi connectivity index (χ1v) is 10.6. The summed E-state index contributed by atoms with van der Waals surface area (Å²) >= 11 is 1.74. The van der Waals surface area contributed by atoms with Gasteiger partial charge in [-0.1, -0.05) is 38.0 Å². The zero-order valence-corrected chi connectivity index (χ0v) is 16.5. The maximum Gasteiger partial charge on any atom is 0.325 e. The summed E-state index contributed by atoms with van der Waals surface area (Å²) < 4.78 is 0. The van der Waals surface area contributed by atoms with Crippen LogP contribution in [0.2, 0.25) is 0 Å². The SMILES string of the molecule is CC1CCCCC12NC(=O)N(CC(=O)NCCCSc1ccccc1)C2=O. The van der Waals surface area contributed by atoms with Crippen molar-refractivity contribution in [2.75, 3.05) is 18.8 Å². The van der Waals surface area contributed by atoms with Crippen LogP contribution in [0.25, 0.3) is 0 Å². The Hall–Kier alpha value is -2.02. The Bertz CT molecular complexity index is 697. The van der Waals surface area contributed by atoms with E-state index in [1.807, 2.05) is 25.1 Å². The number of rotatable bonds is 7. The fraction of sp³-hybridized carbons (Fsp3) is 0.550. The molecule has 1 aromatic rings. The molecule has 0 aromatic heterocycles. The predicted octanol–water partition coefficient (Wildman–Crippen LogP) is 2.79. The fourth-order valence-corrected chi connectivity index (χ4v) is 4.72. The number of hydrogen-bond donors (Lipinski definition) is 2. The van der Waals surface area contributed by atoms with Crippen molar-refractivity contribution in [3.05, 3.63) is 30.3 Å². The minimum atomic E-state index is -0.804. The molecular weight excluding hydrogens is 362 g/mol. The summed E-state index contributed by atoms with van der Waals surface area (Å²) in [7, 11) is 0. The van der Waals surface area contributed by atoms with Gasteiger partial charge in [0.05, 0.1) is 0 Å². The van der Waals surface area contributed by atoms with Gasteiger partial charge in [0, 0.05) is 11.4 Å². The van der Waals surface area contributed by atoms with E-state index in [-0.39, 0.29) is 24.3 Å². The average molecular weight is 390 g/mol. The van der Waals surface area contributed by atoms with Crippen LogP contribution in [0.1, 0.15) is 39.0 Å². The highest BCUT2D eigenvalue weighted by Crippen LogP contribution is 2.38.